The van der Waals surface area contributed by atoms with Crippen molar-refractivity contribution in [2.75, 3.05) is 6.54 Å². The Bertz CT molecular complexity index is 886. The van der Waals surface area contributed by atoms with Gasteiger partial charge in [-0.3, -0.25) is 14.6 Å². The van der Waals surface area contributed by atoms with E-state index in [1.54, 1.807) is 29.4 Å². The molecule has 0 saturated carbocycles. The first-order valence-corrected chi connectivity index (χ1v) is 9.74. The summed E-state index contributed by atoms with van der Waals surface area (Å²) in [5.74, 6) is -0.958. The Morgan fingerprint density at radius 1 is 1.11 bits per heavy atom. The zero-order valence-corrected chi connectivity index (χ0v) is 16.6. The average Bonchev–Trinajstić information content (AvgIpc) is 2.97. The van der Waals surface area contributed by atoms with Gasteiger partial charge in [0.2, 0.25) is 0 Å². The second kappa shape index (κ2) is 8.38. The fourth-order valence-electron chi connectivity index (χ4n) is 3.51. The van der Waals surface area contributed by atoms with Gasteiger partial charge in [0.25, 0.3) is 11.7 Å². The number of amides is 1. The van der Waals surface area contributed by atoms with E-state index in [-0.39, 0.29) is 11.3 Å². The molecule has 0 spiro atoms. The van der Waals surface area contributed by atoms with Gasteiger partial charge in [0.05, 0.1) is 11.6 Å². The van der Waals surface area contributed by atoms with Crippen LogP contribution in [0.1, 0.15) is 62.3 Å². The van der Waals surface area contributed by atoms with E-state index in [1.807, 2.05) is 31.2 Å². The molecule has 3 rings (SSSR count). The first-order chi connectivity index (χ1) is 13.5. The van der Waals surface area contributed by atoms with Gasteiger partial charge in [-0.05, 0) is 35.6 Å². The molecule has 1 aromatic carbocycles. The second-order valence-corrected chi connectivity index (χ2v) is 7.40. The Hall–Kier alpha value is -2.95. The van der Waals surface area contributed by atoms with Crippen LogP contribution >= 0.6 is 0 Å². The van der Waals surface area contributed by atoms with Gasteiger partial charge >= 0.3 is 0 Å². The maximum absolute atomic E-state index is 12.8. The molecule has 1 unspecified atom stereocenters. The van der Waals surface area contributed by atoms with Gasteiger partial charge in [-0.25, -0.2) is 0 Å². The number of benzene rings is 1. The topological polar surface area (TPSA) is 70.5 Å². The maximum Gasteiger partial charge on any atom is 0.295 e. The molecule has 1 aromatic heterocycles. The summed E-state index contributed by atoms with van der Waals surface area (Å²) < 4.78 is 0. The molecule has 28 heavy (non-hydrogen) atoms. The van der Waals surface area contributed by atoms with Crippen molar-refractivity contribution in [2.24, 2.45) is 0 Å². The Kier molecular flexibility index (Phi) is 5.93. The van der Waals surface area contributed by atoms with Crippen LogP contribution in [-0.2, 0) is 9.59 Å². The number of carbonyl (C=O) groups is 2. The van der Waals surface area contributed by atoms with Gasteiger partial charge in [-0.1, -0.05) is 51.5 Å². The van der Waals surface area contributed by atoms with E-state index in [2.05, 4.69) is 18.8 Å². The van der Waals surface area contributed by atoms with Crippen molar-refractivity contribution in [3.05, 3.63) is 71.1 Å². The van der Waals surface area contributed by atoms with Crippen molar-refractivity contribution in [3.63, 3.8) is 0 Å². The standard InChI is InChI=1S/C23H26N2O3/c1-4-5-14-25-20(17-8-6-16(7-9-17)15(2)3)19(22(27)23(25)28)21(26)18-10-12-24-13-11-18/h6-13,15,20,26H,4-5,14H2,1-3H3/b21-19-. The van der Waals surface area contributed by atoms with E-state index in [0.29, 0.717) is 18.0 Å². The minimum atomic E-state index is -0.636. The van der Waals surface area contributed by atoms with Crippen LogP contribution in [0.3, 0.4) is 0 Å². The monoisotopic (exact) mass is 378 g/mol. The van der Waals surface area contributed by atoms with Gasteiger partial charge in [-0.2, -0.15) is 0 Å². The number of likely N-dealkylation sites (tertiary alicyclic amines) is 1. The van der Waals surface area contributed by atoms with Gasteiger partial charge in [0.1, 0.15) is 5.76 Å². The number of carbonyl (C=O) groups excluding carboxylic acids is 2. The molecule has 0 aliphatic carbocycles. The molecule has 1 aliphatic heterocycles. The minimum absolute atomic E-state index is 0.143. The minimum Gasteiger partial charge on any atom is -0.507 e. The third kappa shape index (κ3) is 3.70. The molecule has 0 radical (unpaired) electrons. The summed E-state index contributed by atoms with van der Waals surface area (Å²) in [5, 5.41) is 10.9. The maximum atomic E-state index is 12.8. The van der Waals surface area contributed by atoms with Crippen molar-refractivity contribution in [2.45, 2.75) is 45.6 Å². The molecule has 2 aromatic rings. The number of aromatic nitrogens is 1. The Morgan fingerprint density at radius 2 is 1.75 bits per heavy atom. The molecule has 1 atom stereocenters. The van der Waals surface area contributed by atoms with Gasteiger partial charge < -0.3 is 10.0 Å². The highest BCUT2D eigenvalue weighted by molar-refractivity contribution is 6.46. The Balaban J connectivity index is 2.12. The summed E-state index contributed by atoms with van der Waals surface area (Å²) in [6.07, 6.45) is 4.80. The van der Waals surface area contributed by atoms with Crippen molar-refractivity contribution in [1.29, 1.82) is 0 Å². The smallest absolute Gasteiger partial charge is 0.295 e. The number of pyridine rings is 1. The van der Waals surface area contributed by atoms with E-state index in [1.165, 1.54) is 5.56 Å². The van der Waals surface area contributed by atoms with E-state index >= 15 is 0 Å². The molecular weight excluding hydrogens is 352 g/mol. The van der Waals surface area contributed by atoms with Crippen LogP contribution in [0.2, 0.25) is 0 Å². The highest BCUT2D eigenvalue weighted by atomic mass is 16.3. The molecule has 1 fully saturated rings. The van der Waals surface area contributed by atoms with Crippen molar-refractivity contribution in [1.82, 2.24) is 9.88 Å². The summed E-state index contributed by atoms with van der Waals surface area (Å²) in [6.45, 7) is 6.75. The first kappa shape index (κ1) is 19.8. The van der Waals surface area contributed by atoms with Crippen LogP contribution < -0.4 is 0 Å². The van der Waals surface area contributed by atoms with Crippen LogP contribution in [0, 0.1) is 0 Å². The molecule has 5 heteroatoms. The molecule has 1 saturated heterocycles. The number of ketones is 1. The number of unbranched alkanes of at least 4 members (excludes halogenated alkanes) is 1. The number of aliphatic hydroxyl groups excluding tert-OH is 1. The summed E-state index contributed by atoms with van der Waals surface area (Å²) in [7, 11) is 0. The Morgan fingerprint density at radius 3 is 2.32 bits per heavy atom. The predicted molar refractivity (Wildman–Crippen MR) is 109 cm³/mol. The van der Waals surface area contributed by atoms with E-state index in [0.717, 1.165) is 18.4 Å². The lowest BCUT2D eigenvalue weighted by Gasteiger charge is -2.25. The van der Waals surface area contributed by atoms with Crippen LogP contribution in [0.4, 0.5) is 0 Å². The number of hydrogen-bond donors (Lipinski definition) is 1. The lowest BCUT2D eigenvalue weighted by molar-refractivity contribution is -0.139. The second-order valence-electron chi connectivity index (χ2n) is 7.40. The SMILES string of the molecule is CCCCN1C(=O)C(=O)/C(=C(\O)c2ccncc2)C1c1ccc(C(C)C)cc1. The summed E-state index contributed by atoms with van der Waals surface area (Å²) in [4.78, 5) is 31.1. The zero-order chi connectivity index (χ0) is 20.3. The predicted octanol–water partition coefficient (Wildman–Crippen LogP) is 4.43. The molecule has 146 valence electrons. The largest absolute Gasteiger partial charge is 0.507 e. The molecule has 5 nitrogen and oxygen atoms in total. The summed E-state index contributed by atoms with van der Waals surface area (Å²) >= 11 is 0. The van der Waals surface area contributed by atoms with Crippen molar-refractivity contribution >= 4 is 17.4 Å². The van der Waals surface area contributed by atoms with Gasteiger partial charge in [-0.15, -0.1) is 0 Å². The molecule has 1 aliphatic rings. The van der Waals surface area contributed by atoms with E-state index in [9.17, 15) is 14.7 Å². The summed E-state index contributed by atoms with van der Waals surface area (Å²) in [5.41, 5.74) is 2.63. The van der Waals surface area contributed by atoms with E-state index in [4.69, 9.17) is 0 Å². The zero-order valence-electron chi connectivity index (χ0n) is 16.6. The highest BCUT2D eigenvalue weighted by Crippen LogP contribution is 2.39. The number of nitrogens with zero attached hydrogens (tertiary/aromatic N) is 2. The first-order valence-electron chi connectivity index (χ1n) is 9.74. The van der Waals surface area contributed by atoms with E-state index < -0.39 is 17.7 Å². The highest BCUT2D eigenvalue weighted by Gasteiger charge is 2.45. The number of aliphatic hydroxyl groups is 1. The van der Waals surface area contributed by atoms with Crippen LogP contribution in [0.5, 0.6) is 0 Å². The number of hydrogen-bond acceptors (Lipinski definition) is 4. The molecule has 1 N–H and O–H groups in total. The normalized spacial score (nSPS) is 18.9. The lowest BCUT2D eigenvalue weighted by atomic mass is 9.93. The average molecular weight is 378 g/mol. The quantitative estimate of drug-likeness (QED) is 0.459. The van der Waals surface area contributed by atoms with Crippen molar-refractivity contribution < 1.29 is 14.7 Å². The fourth-order valence-corrected chi connectivity index (χ4v) is 3.51. The Labute approximate surface area is 165 Å². The fraction of sp³-hybridized carbons (Fsp3) is 0.348. The van der Waals surface area contributed by atoms with Gasteiger partial charge in [0.15, 0.2) is 0 Å². The van der Waals surface area contributed by atoms with Crippen molar-refractivity contribution in [3.8, 4) is 0 Å². The van der Waals surface area contributed by atoms with Crippen LogP contribution in [0.15, 0.2) is 54.4 Å². The molecule has 0 bridgehead atoms. The third-order valence-electron chi connectivity index (χ3n) is 5.17. The molecule has 2 heterocycles. The van der Waals surface area contributed by atoms with Gasteiger partial charge in [0, 0.05) is 24.5 Å². The third-order valence-corrected chi connectivity index (χ3v) is 5.17. The lowest BCUT2D eigenvalue weighted by Crippen LogP contribution is -2.30. The van der Waals surface area contributed by atoms with Crippen LogP contribution in [-0.4, -0.2) is 33.2 Å². The summed E-state index contributed by atoms with van der Waals surface area (Å²) in [6, 6.07) is 10.6. The number of Topliss-reactive ketones (excluding diaryl/α,β-unsaturated/α-hetero) is 1. The number of rotatable bonds is 6. The molecule has 1 amide bonds. The van der Waals surface area contributed by atoms with Crippen LogP contribution in [0.25, 0.3) is 5.76 Å². The molecular formula is C23H26N2O3.